The van der Waals surface area contributed by atoms with Gasteiger partial charge in [0.15, 0.2) is 0 Å². The fourth-order valence-corrected chi connectivity index (χ4v) is 3.95. The van der Waals surface area contributed by atoms with Crippen LogP contribution in [0.2, 0.25) is 0 Å². The smallest absolute Gasteiger partial charge is 0.223 e. The van der Waals surface area contributed by atoms with E-state index in [1.54, 1.807) is 0 Å². The number of likely N-dealkylation sites (tertiary alicyclic amines) is 1. The first-order chi connectivity index (χ1) is 12.2. The first kappa shape index (κ1) is 15.9. The van der Waals surface area contributed by atoms with Gasteiger partial charge in [-0.2, -0.15) is 0 Å². The van der Waals surface area contributed by atoms with E-state index in [1.165, 1.54) is 22.1 Å². The molecule has 0 bridgehead atoms. The van der Waals surface area contributed by atoms with Crippen molar-refractivity contribution in [3.05, 3.63) is 71.4 Å². The lowest BCUT2D eigenvalue weighted by Gasteiger charge is -2.22. The Kier molecular flexibility index (Phi) is 4.31. The highest BCUT2D eigenvalue weighted by molar-refractivity contribution is 5.86. The second kappa shape index (κ2) is 6.75. The summed E-state index contributed by atoms with van der Waals surface area (Å²) in [6.45, 7) is 3.93. The van der Waals surface area contributed by atoms with Gasteiger partial charge in [-0.1, -0.05) is 48.0 Å². The fraction of sp³-hybridized carbons (Fsp3) is 0.318. The molecule has 1 amide bonds. The molecule has 3 aromatic rings. The number of amides is 1. The molecule has 1 saturated heterocycles. The Morgan fingerprint density at radius 1 is 1.12 bits per heavy atom. The van der Waals surface area contributed by atoms with Crippen LogP contribution >= 0.6 is 0 Å². The molecule has 1 unspecified atom stereocenters. The SMILES string of the molecule is Cc1cccc(C(CC(=O)N2CCCC2)c2c[nH]c3ccccc23)c1. The molecule has 1 aliphatic rings. The summed E-state index contributed by atoms with van der Waals surface area (Å²) in [4.78, 5) is 18.3. The maximum Gasteiger partial charge on any atom is 0.223 e. The Morgan fingerprint density at radius 2 is 1.92 bits per heavy atom. The molecule has 0 saturated carbocycles. The molecule has 1 aromatic heterocycles. The molecule has 0 radical (unpaired) electrons. The van der Waals surface area contributed by atoms with Crippen molar-refractivity contribution in [2.45, 2.75) is 32.1 Å². The van der Waals surface area contributed by atoms with Crippen LogP contribution in [0.1, 0.15) is 41.9 Å². The number of nitrogens with one attached hydrogen (secondary N) is 1. The summed E-state index contributed by atoms with van der Waals surface area (Å²) >= 11 is 0. The van der Waals surface area contributed by atoms with Crippen LogP contribution in [-0.2, 0) is 4.79 Å². The van der Waals surface area contributed by atoms with E-state index in [4.69, 9.17) is 0 Å². The largest absolute Gasteiger partial charge is 0.361 e. The topological polar surface area (TPSA) is 36.1 Å². The number of carbonyl (C=O) groups is 1. The van der Waals surface area contributed by atoms with Gasteiger partial charge in [-0.05, 0) is 37.0 Å². The maximum atomic E-state index is 12.9. The van der Waals surface area contributed by atoms with E-state index in [-0.39, 0.29) is 11.8 Å². The van der Waals surface area contributed by atoms with Crippen LogP contribution in [0.15, 0.2) is 54.7 Å². The monoisotopic (exact) mass is 332 g/mol. The quantitative estimate of drug-likeness (QED) is 0.743. The molecular weight excluding hydrogens is 308 g/mol. The summed E-state index contributed by atoms with van der Waals surface area (Å²) in [5, 5.41) is 1.21. The summed E-state index contributed by atoms with van der Waals surface area (Å²) in [5.74, 6) is 0.360. The van der Waals surface area contributed by atoms with E-state index in [0.29, 0.717) is 6.42 Å². The van der Waals surface area contributed by atoms with Crippen LogP contribution in [0.5, 0.6) is 0 Å². The van der Waals surface area contributed by atoms with Crippen molar-refractivity contribution in [3.63, 3.8) is 0 Å². The van der Waals surface area contributed by atoms with Crippen molar-refractivity contribution in [2.24, 2.45) is 0 Å². The molecule has 1 fully saturated rings. The van der Waals surface area contributed by atoms with Gasteiger partial charge in [-0.15, -0.1) is 0 Å². The van der Waals surface area contributed by atoms with E-state index in [2.05, 4.69) is 60.6 Å². The number of nitrogens with zero attached hydrogens (tertiary/aromatic N) is 1. The predicted molar refractivity (Wildman–Crippen MR) is 102 cm³/mol. The minimum absolute atomic E-state index is 0.0872. The van der Waals surface area contributed by atoms with Gasteiger partial charge in [0.05, 0.1) is 0 Å². The molecule has 2 aromatic carbocycles. The highest BCUT2D eigenvalue weighted by Gasteiger charge is 2.25. The van der Waals surface area contributed by atoms with Gasteiger partial charge in [0.25, 0.3) is 0 Å². The molecule has 25 heavy (non-hydrogen) atoms. The van der Waals surface area contributed by atoms with E-state index in [9.17, 15) is 4.79 Å². The normalized spacial score (nSPS) is 15.6. The Bertz CT molecular complexity index is 890. The third kappa shape index (κ3) is 3.19. The molecular formula is C22H24N2O. The van der Waals surface area contributed by atoms with E-state index < -0.39 is 0 Å². The number of hydrogen-bond donors (Lipinski definition) is 1. The van der Waals surface area contributed by atoms with Crippen LogP contribution in [0.4, 0.5) is 0 Å². The van der Waals surface area contributed by atoms with Crippen molar-refractivity contribution in [2.75, 3.05) is 13.1 Å². The van der Waals surface area contributed by atoms with Gasteiger partial charge in [-0.3, -0.25) is 4.79 Å². The zero-order valence-corrected chi connectivity index (χ0v) is 14.7. The number of fused-ring (bicyclic) bond motifs is 1. The Hall–Kier alpha value is -2.55. The number of H-pyrrole nitrogens is 1. The molecule has 3 nitrogen and oxygen atoms in total. The van der Waals surface area contributed by atoms with E-state index in [1.807, 2.05) is 11.0 Å². The van der Waals surface area contributed by atoms with Crippen molar-refractivity contribution in [3.8, 4) is 0 Å². The molecule has 128 valence electrons. The first-order valence-electron chi connectivity index (χ1n) is 9.13. The number of benzene rings is 2. The lowest BCUT2D eigenvalue weighted by molar-refractivity contribution is -0.130. The van der Waals surface area contributed by atoms with Gasteiger partial charge >= 0.3 is 0 Å². The minimum atomic E-state index is 0.0872. The van der Waals surface area contributed by atoms with Crippen molar-refractivity contribution in [1.29, 1.82) is 0 Å². The van der Waals surface area contributed by atoms with Crippen LogP contribution in [0, 0.1) is 6.92 Å². The van der Waals surface area contributed by atoms with E-state index >= 15 is 0 Å². The van der Waals surface area contributed by atoms with Crippen molar-refractivity contribution in [1.82, 2.24) is 9.88 Å². The third-order valence-electron chi connectivity index (χ3n) is 5.28. The van der Waals surface area contributed by atoms with Crippen LogP contribution in [0.3, 0.4) is 0 Å². The average Bonchev–Trinajstić information content (AvgIpc) is 3.29. The summed E-state index contributed by atoms with van der Waals surface area (Å²) in [5.41, 5.74) is 4.80. The van der Waals surface area contributed by atoms with Crippen molar-refractivity contribution >= 4 is 16.8 Å². The summed E-state index contributed by atoms with van der Waals surface area (Å²) in [7, 11) is 0. The summed E-state index contributed by atoms with van der Waals surface area (Å²) in [6, 6.07) is 16.9. The standard InChI is InChI=1S/C22H24N2O/c1-16-7-6-8-17(13-16)19(14-22(25)24-11-4-5-12-24)20-15-23-21-10-3-2-9-18(20)21/h2-3,6-10,13,15,19,23H,4-5,11-12,14H2,1H3. The number of aromatic nitrogens is 1. The second-order valence-corrected chi connectivity index (χ2v) is 7.05. The highest BCUT2D eigenvalue weighted by atomic mass is 16.2. The zero-order chi connectivity index (χ0) is 17.2. The molecule has 4 rings (SSSR count). The Morgan fingerprint density at radius 3 is 2.72 bits per heavy atom. The predicted octanol–water partition coefficient (Wildman–Crippen LogP) is 4.62. The number of rotatable bonds is 4. The third-order valence-corrected chi connectivity index (χ3v) is 5.28. The number of hydrogen-bond acceptors (Lipinski definition) is 1. The lowest BCUT2D eigenvalue weighted by atomic mass is 9.87. The minimum Gasteiger partial charge on any atom is -0.361 e. The molecule has 1 aliphatic heterocycles. The van der Waals surface area contributed by atoms with Crippen LogP contribution in [-0.4, -0.2) is 28.9 Å². The molecule has 1 N–H and O–H groups in total. The van der Waals surface area contributed by atoms with Crippen molar-refractivity contribution < 1.29 is 4.79 Å². The summed E-state index contributed by atoms with van der Waals surface area (Å²) < 4.78 is 0. The molecule has 3 heteroatoms. The molecule has 0 spiro atoms. The Balaban J connectivity index is 1.74. The number of carbonyl (C=O) groups excluding carboxylic acids is 1. The van der Waals surface area contributed by atoms with Crippen LogP contribution < -0.4 is 0 Å². The average molecular weight is 332 g/mol. The fourth-order valence-electron chi connectivity index (χ4n) is 3.95. The van der Waals surface area contributed by atoms with Gasteiger partial charge in [-0.25, -0.2) is 0 Å². The summed E-state index contributed by atoms with van der Waals surface area (Å²) in [6.07, 6.45) is 4.88. The lowest BCUT2D eigenvalue weighted by Crippen LogP contribution is -2.29. The Labute approximate surface area is 148 Å². The zero-order valence-electron chi connectivity index (χ0n) is 14.7. The number of aryl methyl sites for hydroxylation is 1. The highest BCUT2D eigenvalue weighted by Crippen LogP contribution is 2.34. The van der Waals surface area contributed by atoms with Gasteiger partial charge in [0.1, 0.15) is 0 Å². The van der Waals surface area contributed by atoms with Gasteiger partial charge < -0.3 is 9.88 Å². The number of aromatic amines is 1. The maximum absolute atomic E-state index is 12.9. The molecule has 0 aliphatic carbocycles. The molecule has 2 heterocycles. The number of para-hydroxylation sites is 1. The van der Waals surface area contributed by atoms with E-state index in [0.717, 1.165) is 31.4 Å². The van der Waals surface area contributed by atoms with Gasteiger partial charge in [0.2, 0.25) is 5.91 Å². The molecule has 1 atom stereocenters. The first-order valence-corrected chi connectivity index (χ1v) is 9.13. The van der Waals surface area contributed by atoms with Crippen LogP contribution in [0.25, 0.3) is 10.9 Å². The second-order valence-electron chi connectivity index (χ2n) is 7.05. The van der Waals surface area contributed by atoms with Gasteiger partial charge in [0, 0.05) is 42.5 Å².